The molecule has 1 aromatic carbocycles. The van der Waals surface area contributed by atoms with E-state index in [9.17, 15) is 4.79 Å². The van der Waals surface area contributed by atoms with Crippen molar-refractivity contribution in [2.24, 2.45) is 0 Å². The van der Waals surface area contributed by atoms with Gasteiger partial charge in [-0.3, -0.25) is 4.98 Å². The molecule has 1 saturated heterocycles. The second-order valence-corrected chi connectivity index (χ2v) is 8.79. The van der Waals surface area contributed by atoms with Gasteiger partial charge in [0.1, 0.15) is 17.9 Å². The smallest absolute Gasteiger partial charge is 0.496 e. The topological polar surface area (TPSA) is 76.1 Å². The monoisotopic (exact) mass is 441 g/mol. The van der Waals surface area contributed by atoms with Crippen molar-refractivity contribution in [2.45, 2.75) is 39.1 Å². The van der Waals surface area contributed by atoms with E-state index in [0.717, 1.165) is 21.5 Å². The van der Waals surface area contributed by atoms with E-state index in [4.69, 9.17) is 23.5 Å². The van der Waals surface area contributed by atoms with E-state index in [1.54, 1.807) is 13.3 Å². The summed E-state index contributed by atoms with van der Waals surface area (Å²) in [4.78, 5) is 17.0. The zero-order valence-corrected chi connectivity index (χ0v) is 18.9. The Kier molecular flexibility index (Phi) is 5.92. The van der Waals surface area contributed by atoms with Gasteiger partial charge in [0.25, 0.3) is 0 Å². The second-order valence-electron chi connectivity index (χ2n) is 7.80. The van der Waals surface area contributed by atoms with Crippen molar-refractivity contribution in [3.05, 3.63) is 47.7 Å². The Hall–Kier alpha value is -2.62. The van der Waals surface area contributed by atoms with Crippen molar-refractivity contribution < 1.29 is 28.3 Å². The highest BCUT2D eigenvalue weighted by Crippen LogP contribution is 2.38. The van der Waals surface area contributed by atoms with Crippen LogP contribution < -0.4 is 14.9 Å². The molecule has 0 N–H and O–H groups in total. The van der Waals surface area contributed by atoms with Crippen LogP contribution in [0.15, 0.2) is 36.5 Å². The number of nitrogens with zero attached hydrogens (tertiary/aromatic N) is 1. The average Bonchev–Trinajstić information content (AvgIpc) is 3.28. The van der Waals surface area contributed by atoms with Crippen LogP contribution in [0.3, 0.4) is 0 Å². The molecule has 1 aliphatic heterocycles. The maximum Gasteiger partial charge on any atom is 0.496 e. The number of carbonyl (C=O) groups is 1. The molecule has 0 amide bonds. The molecule has 1 unspecified atom stereocenters. The van der Waals surface area contributed by atoms with E-state index in [0.29, 0.717) is 16.1 Å². The van der Waals surface area contributed by atoms with E-state index < -0.39 is 18.7 Å². The molecule has 0 radical (unpaired) electrons. The lowest BCUT2D eigenvalue weighted by atomic mass is 9.79. The number of esters is 1. The van der Waals surface area contributed by atoms with Crippen molar-refractivity contribution in [3.8, 4) is 10.8 Å². The zero-order valence-electron chi connectivity index (χ0n) is 18.1. The summed E-state index contributed by atoms with van der Waals surface area (Å²) >= 11 is 1.34. The van der Waals surface area contributed by atoms with Crippen molar-refractivity contribution in [1.82, 2.24) is 4.98 Å². The molecular weight excluding hydrogens is 417 g/mol. The first kappa shape index (κ1) is 21.6. The molecule has 9 heteroatoms. The molecule has 1 atom stereocenters. The molecule has 2 aromatic heterocycles. The minimum absolute atomic E-state index is 0.0773. The molecule has 0 spiro atoms. The Labute approximate surface area is 185 Å². The van der Waals surface area contributed by atoms with Gasteiger partial charge in [-0.25, -0.2) is 4.79 Å². The Bertz CT molecular complexity index is 1100. The highest BCUT2D eigenvalue weighted by Gasteiger charge is 2.45. The fraction of sp³-hybridized carbons (Fsp3) is 0.364. The number of ether oxygens (including phenoxy) is 3. The van der Waals surface area contributed by atoms with Gasteiger partial charge in [0, 0.05) is 11.7 Å². The fourth-order valence-electron chi connectivity index (χ4n) is 3.31. The summed E-state index contributed by atoms with van der Waals surface area (Å²) in [5, 5.41) is 0.447. The number of fused-ring (bicyclic) bond motifs is 1. The highest BCUT2D eigenvalue weighted by atomic mass is 32.1. The van der Waals surface area contributed by atoms with Crippen molar-refractivity contribution in [1.29, 1.82) is 0 Å². The van der Waals surface area contributed by atoms with Gasteiger partial charge in [-0.1, -0.05) is 23.5 Å². The SMILES string of the molecule is COC(=O)c1c(OCc2ccc(OC)cc2)sc2c(B3OC(C)C(C)(C)O3)ccnc12. The third-order valence-electron chi connectivity index (χ3n) is 5.46. The van der Waals surface area contributed by atoms with Crippen LogP contribution in [0, 0.1) is 0 Å². The number of methoxy groups -OCH3 is 2. The van der Waals surface area contributed by atoms with Gasteiger partial charge in [0.2, 0.25) is 0 Å². The molecule has 3 heterocycles. The van der Waals surface area contributed by atoms with Crippen molar-refractivity contribution in [3.63, 3.8) is 0 Å². The summed E-state index contributed by atoms with van der Waals surface area (Å²) in [5.74, 6) is 0.269. The molecule has 31 heavy (non-hydrogen) atoms. The third-order valence-corrected chi connectivity index (χ3v) is 6.60. The van der Waals surface area contributed by atoms with E-state index in [1.807, 2.05) is 51.1 Å². The number of thiophene rings is 1. The Morgan fingerprint density at radius 1 is 1.23 bits per heavy atom. The van der Waals surface area contributed by atoms with Gasteiger partial charge in [-0.2, -0.15) is 0 Å². The van der Waals surface area contributed by atoms with E-state index >= 15 is 0 Å². The maximum absolute atomic E-state index is 12.6. The van der Waals surface area contributed by atoms with Crippen LogP contribution in [0.25, 0.3) is 10.2 Å². The van der Waals surface area contributed by atoms with E-state index in [2.05, 4.69) is 4.98 Å². The van der Waals surface area contributed by atoms with Crippen LogP contribution in [0.4, 0.5) is 0 Å². The Balaban J connectivity index is 1.70. The summed E-state index contributed by atoms with van der Waals surface area (Å²) in [5.41, 5.74) is 2.17. The Morgan fingerprint density at radius 2 is 1.97 bits per heavy atom. The molecule has 7 nitrogen and oxygen atoms in total. The Morgan fingerprint density at radius 3 is 2.58 bits per heavy atom. The van der Waals surface area contributed by atoms with Crippen LogP contribution >= 0.6 is 11.3 Å². The lowest BCUT2D eigenvalue weighted by molar-refractivity contribution is 0.0598. The largest absolute Gasteiger partial charge is 0.497 e. The molecule has 1 fully saturated rings. The molecule has 0 bridgehead atoms. The fourth-order valence-corrected chi connectivity index (χ4v) is 4.43. The lowest BCUT2D eigenvalue weighted by Gasteiger charge is -2.21. The van der Waals surface area contributed by atoms with Crippen LogP contribution in [0.5, 0.6) is 10.8 Å². The van der Waals surface area contributed by atoms with E-state index in [-0.39, 0.29) is 12.7 Å². The van der Waals surface area contributed by atoms with Crippen LogP contribution in [-0.2, 0) is 20.7 Å². The average molecular weight is 441 g/mol. The van der Waals surface area contributed by atoms with Crippen LogP contribution in [-0.4, -0.2) is 44.0 Å². The molecule has 0 aliphatic carbocycles. The minimum atomic E-state index is -0.547. The van der Waals surface area contributed by atoms with E-state index in [1.165, 1.54) is 18.4 Å². The molecule has 162 valence electrons. The summed E-state index contributed by atoms with van der Waals surface area (Å²) in [7, 11) is 2.42. The summed E-state index contributed by atoms with van der Waals surface area (Å²) in [6.07, 6.45) is 1.57. The molecule has 3 aromatic rings. The summed E-state index contributed by atoms with van der Waals surface area (Å²) < 4.78 is 29.2. The number of aromatic nitrogens is 1. The minimum Gasteiger partial charge on any atom is -0.497 e. The predicted molar refractivity (Wildman–Crippen MR) is 119 cm³/mol. The van der Waals surface area contributed by atoms with Gasteiger partial charge in [-0.15, -0.1) is 0 Å². The van der Waals surface area contributed by atoms with Crippen LogP contribution in [0.2, 0.25) is 0 Å². The van der Waals surface area contributed by atoms with Gasteiger partial charge >= 0.3 is 13.1 Å². The van der Waals surface area contributed by atoms with Gasteiger partial charge in [0.05, 0.1) is 36.1 Å². The number of pyridine rings is 1. The third kappa shape index (κ3) is 4.13. The molecule has 0 saturated carbocycles. The number of hydrogen-bond acceptors (Lipinski definition) is 8. The van der Waals surface area contributed by atoms with Gasteiger partial charge in [0.15, 0.2) is 5.06 Å². The molecule has 1 aliphatic rings. The number of rotatable bonds is 6. The van der Waals surface area contributed by atoms with Gasteiger partial charge in [-0.05, 0) is 44.5 Å². The standard InChI is InChI=1S/C22H24BNO6S/c1-13-22(2,3)30-23(29-13)16-10-11-24-18-17(20(25)27-5)21(31-19(16)18)28-12-14-6-8-15(26-4)9-7-14/h6-11,13H,12H2,1-5H3. The van der Waals surface area contributed by atoms with Crippen LogP contribution in [0.1, 0.15) is 36.7 Å². The number of benzene rings is 1. The zero-order chi connectivity index (χ0) is 22.2. The first-order valence-corrected chi connectivity index (χ1v) is 10.7. The maximum atomic E-state index is 12.6. The molecule has 4 rings (SSSR count). The predicted octanol–water partition coefficient (Wildman–Crippen LogP) is 3.58. The van der Waals surface area contributed by atoms with Crippen molar-refractivity contribution in [2.75, 3.05) is 14.2 Å². The second kappa shape index (κ2) is 8.49. The first-order valence-electron chi connectivity index (χ1n) is 9.92. The number of carbonyl (C=O) groups excluding carboxylic acids is 1. The van der Waals surface area contributed by atoms with Gasteiger partial charge < -0.3 is 23.5 Å². The first-order chi connectivity index (χ1) is 14.8. The lowest BCUT2D eigenvalue weighted by Crippen LogP contribution is -2.35. The highest BCUT2D eigenvalue weighted by molar-refractivity contribution is 7.22. The normalized spacial score (nSPS) is 17.7. The molecular formula is C22H24BNO6S. The summed E-state index contributed by atoms with van der Waals surface area (Å²) in [6, 6.07) is 9.41. The quantitative estimate of drug-likeness (QED) is 0.428. The number of hydrogen-bond donors (Lipinski definition) is 0. The van der Waals surface area contributed by atoms with Crippen molar-refractivity contribution >= 4 is 40.1 Å². The summed E-state index contributed by atoms with van der Waals surface area (Å²) in [6.45, 7) is 6.26.